The first kappa shape index (κ1) is 14.6. The summed E-state index contributed by atoms with van der Waals surface area (Å²) in [5.74, 6) is 6.35. The fourth-order valence-electron chi connectivity index (χ4n) is 3.91. The van der Waals surface area contributed by atoms with Crippen LogP contribution in [0.1, 0.15) is 50.6 Å². The van der Waals surface area contributed by atoms with E-state index in [4.69, 9.17) is 0 Å². The van der Waals surface area contributed by atoms with Gasteiger partial charge in [0.05, 0.1) is 6.54 Å². The highest BCUT2D eigenvalue weighted by atomic mass is 15.3. The highest BCUT2D eigenvalue weighted by molar-refractivity contribution is 5.22. The molecule has 1 heterocycles. The van der Waals surface area contributed by atoms with Gasteiger partial charge in [-0.1, -0.05) is 55.5 Å². The summed E-state index contributed by atoms with van der Waals surface area (Å²) in [4.78, 5) is 2.59. The van der Waals surface area contributed by atoms with Crippen LogP contribution in [-0.2, 0) is 0 Å². The van der Waals surface area contributed by atoms with Crippen molar-refractivity contribution in [2.45, 2.75) is 50.6 Å². The predicted molar refractivity (Wildman–Crippen MR) is 88.0 cm³/mol. The third-order valence-electron chi connectivity index (χ3n) is 5.07. The van der Waals surface area contributed by atoms with Crippen LogP contribution in [0.2, 0.25) is 0 Å². The fraction of sp³-hybridized carbons (Fsp3) is 0.579. The summed E-state index contributed by atoms with van der Waals surface area (Å²) in [5.41, 5.74) is 1.76. The predicted octanol–water partition coefficient (Wildman–Crippen LogP) is 3.36. The summed E-state index contributed by atoms with van der Waals surface area (Å²) in [7, 11) is 0. The Labute approximate surface area is 128 Å². The Morgan fingerprint density at radius 3 is 2.67 bits per heavy atom. The van der Waals surface area contributed by atoms with Gasteiger partial charge in [0, 0.05) is 24.7 Å². The first-order valence-corrected chi connectivity index (χ1v) is 8.27. The van der Waals surface area contributed by atoms with Gasteiger partial charge < -0.3 is 5.32 Å². The first-order valence-electron chi connectivity index (χ1n) is 8.27. The molecule has 1 N–H and O–H groups in total. The average Bonchev–Trinajstić information content (AvgIpc) is 2.55. The van der Waals surface area contributed by atoms with Gasteiger partial charge in [0.2, 0.25) is 0 Å². The largest absolute Gasteiger partial charge is 0.308 e. The van der Waals surface area contributed by atoms with Gasteiger partial charge in [-0.2, -0.15) is 0 Å². The van der Waals surface area contributed by atoms with E-state index in [0.717, 1.165) is 19.6 Å². The molecule has 0 aromatic heterocycles. The van der Waals surface area contributed by atoms with Crippen molar-refractivity contribution in [2.24, 2.45) is 0 Å². The molecule has 1 saturated heterocycles. The molecule has 0 amide bonds. The maximum absolute atomic E-state index is 3.90. The van der Waals surface area contributed by atoms with Crippen LogP contribution in [0.4, 0.5) is 0 Å². The van der Waals surface area contributed by atoms with Crippen LogP contribution >= 0.6 is 0 Å². The minimum atomic E-state index is 0.346. The molecule has 1 aromatic rings. The summed E-state index contributed by atoms with van der Waals surface area (Å²) >= 11 is 0. The number of hydrogen-bond donors (Lipinski definition) is 1. The standard InChI is InChI=1S/C19H26N2/c1-2-3-14-21-16-19(12-8-5-9-13-19)20-15-18(21)17-10-6-4-7-11-17/h4,6-7,10-11,18,20H,5,8-9,12-16H2,1H3. The molecule has 1 aliphatic carbocycles. The number of nitrogens with zero attached hydrogens (tertiary/aromatic N) is 1. The lowest BCUT2D eigenvalue weighted by atomic mass is 9.79. The second-order valence-corrected chi connectivity index (χ2v) is 6.48. The summed E-state index contributed by atoms with van der Waals surface area (Å²) in [6.07, 6.45) is 6.79. The Bertz CT molecular complexity index is 505. The lowest BCUT2D eigenvalue weighted by Gasteiger charge is -2.49. The van der Waals surface area contributed by atoms with Gasteiger partial charge in [-0.15, -0.1) is 5.92 Å². The van der Waals surface area contributed by atoms with Crippen molar-refractivity contribution in [1.82, 2.24) is 10.2 Å². The molecule has 3 rings (SSSR count). The highest BCUT2D eigenvalue weighted by Crippen LogP contribution is 2.35. The molecule has 2 heteroatoms. The molecule has 0 radical (unpaired) electrons. The molecule has 2 aliphatic rings. The second-order valence-electron chi connectivity index (χ2n) is 6.48. The molecule has 1 aliphatic heterocycles. The van der Waals surface area contributed by atoms with E-state index in [9.17, 15) is 0 Å². The lowest BCUT2D eigenvalue weighted by Crippen LogP contribution is -2.62. The summed E-state index contributed by atoms with van der Waals surface area (Å²) in [5, 5.41) is 3.90. The Morgan fingerprint density at radius 2 is 1.95 bits per heavy atom. The van der Waals surface area contributed by atoms with Gasteiger partial charge in [-0.25, -0.2) is 0 Å². The third-order valence-corrected chi connectivity index (χ3v) is 5.07. The quantitative estimate of drug-likeness (QED) is 0.837. The van der Waals surface area contributed by atoms with Crippen LogP contribution in [0.15, 0.2) is 30.3 Å². The average molecular weight is 282 g/mol. The third kappa shape index (κ3) is 3.31. The Hall–Kier alpha value is -1.30. The Balaban J connectivity index is 1.79. The lowest BCUT2D eigenvalue weighted by molar-refractivity contribution is 0.0656. The summed E-state index contributed by atoms with van der Waals surface area (Å²) in [6.45, 7) is 5.02. The second kappa shape index (κ2) is 6.64. The van der Waals surface area contributed by atoms with Gasteiger partial charge in [0.15, 0.2) is 0 Å². The number of nitrogens with one attached hydrogen (secondary N) is 1. The first-order chi connectivity index (χ1) is 10.3. The van der Waals surface area contributed by atoms with E-state index < -0.39 is 0 Å². The van der Waals surface area contributed by atoms with Crippen molar-refractivity contribution in [2.75, 3.05) is 19.6 Å². The van der Waals surface area contributed by atoms with E-state index in [0.29, 0.717) is 11.6 Å². The van der Waals surface area contributed by atoms with Crippen molar-refractivity contribution in [3.05, 3.63) is 35.9 Å². The van der Waals surface area contributed by atoms with E-state index in [1.165, 1.54) is 37.7 Å². The molecule has 1 spiro atoms. The van der Waals surface area contributed by atoms with E-state index in [2.05, 4.69) is 52.4 Å². The Kier molecular flexibility index (Phi) is 4.63. The zero-order valence-electron chi connectivity index (χ0n) is 13.1. The van der Waals surface area contributed by atoms with Crippen LogP contribution in [0, 0.1) is 11.8 Å². The minimum absolute atomic E-state index is 0.346. The molecule has 1 saturated carbocycles. The SMILES string of the molecule is CC#CCN1CC2(CCCCC2)NCC1c1ccccc1. The molecule has 1 unspecified atom stereocenters. The van der Waals surface area contributed by atoms with Crippen LogP contribution in [0.3, 0.4) is 0 Å². The maximum atomic E-state index is 3.90. The molecular formula is C19H26N2. The molecule has 21 heavy (non-hydrogen) atoms. The van der Waals surface area contributed by atoms with Crippen LogP contribution in [-0.4, -0.2) is 30.1 Å². The van der Waals surface area contributed by atoms with Crippen molar-refractivity contribution < 1.29 is 0 Å². The normalized spacial score (nSPS) is 25.3. The van der Waals surface area contributed by atoms with Gasteiger partial charge >= 0.3 is 0 Å². The molecule has 112 valence electrons. The number of benzene rings is 1. The van der Waals surface area contributed by atoms with E-state index in [1.807, 2.05) is 6.92 Å². The van der Waals surface area contributed by atoms with Crippen LogP contribution < -0.4 is 5.32 Å². The van der Waals surface area contributed by atoms with Gasteiger partial charge in [-0.3, -0.25) is 4.90 Å². The molecule has 2 nitrogen and oxygen atoms in total. The van der Waals surface area contributed by atoms with Crippen molar-refractivity contribution in [3.63, 3.8) is 0 Å². The van der Waals surface area contributed by atoms with Crippen LogP contribution in [0.25, 0.3) is 0 Å². The fourth-order valence-corrected chi connectivity index (χ4v) is 3.91. The summed E-state index contributed by atoms with van der Waals surface area (Å²) < 4.78 is 0. The van der Waals surface area contributed by atoms with Crippen LogP contribution in [0.5, 0.6) is 0 Å². The monoisotopic (exact) mass is 282 g/mol. The zero-order chi connectivity index (χ0) is 14.5. The van der Waals surface area contributed by atoms with Crippen molar-refractivity contribution in [1.29, 1.82) is 0 Å². The number of rotatable bonds is 2. The number of piperazine rings is 1. The maximum Gasteiger partial charge on any atom is 0.0608 e. The number of hydrogen-bond acceptors (Lipinski definition) is 2. The van der Waals surface area contributed by atoms with E-state index in [-0.39, 0.29) is 0 Å². The zero-order valence-corrected chi connectivity index (χ0v) is 13.1. The van der Waals surface area contributed by atoms with Crippen molar-refractivity contribution in [3.8, 4) is 11.8 Å². The van der Waals surface area contributed by atoms with Gasteiger partial charge in [-0.05, 0) is 25.3 Å². The van der Waals surface area contributed by atoms with E-state index in [1.54, 1.807) is 0 Å². The molecule has 1 atom stereocenters. The highest BCUT2D eigenvalue weighted by Gasteiger charge is 2.39. The molecule has 2 fully saturated rings. The smallest absolute Gasteiger partial charge is 0.0608 e. The van der Waals surface area contributed by atoms with E-state index >= 15 is 0 Å². The molecule has 0 bridgehead atoms. The van der Waals surface area contributed by atoms with Crippen molar-refractivity contribution >= 4 is 0 Å². The topological polar surface area (TPSA) is 15.3 Å². The van der Waals surface area contributed by atoms with Gasteiger partial charge in [0.1, 0.15) is 0 Å². The minimum Gasteiger partial charge on any atom is -0.308 e. The molecule has 1 aromatic carbocycles. The van der Waals surface area contributed by atoms with Gasteiger partial charge in [0.25, 0.3) is 0 Å². The summed E-state index contributed by atoms with van der Waals surface area (Å²) in [6, 6.07) is 11.3. The molecular weight excluding hydrogens is 256 g/mol. The Morgan fingerprint density at radius 1 is 1.19 bits per heavy atom.